The molecule has 0 unspecified atom stereocenters. The van der Waals surface area contributed by atoms with E-state index < -0.39 is 0 Å². The number of carbonyl (C=O) groups excluding carboxylic acids is 1. The minimum atomic E-state index is -0.198. The number of amides is 1. The predicted octanol–water partition coefficient (Wildman–Crippen LogP) is 4.48. The Kier molecular flexibility index (Phi) is 6.90. The normalized spacial score (nSPS) is 18.4. The monoisotopic (exact) mass is 473 g/mol. The van der Waals surface area contributed by atoms with Gasteiger partial charge in [0.15, 0.2) is 5.82 Å². The minimum Gasteiger partial charge on any atom is -0.439 e. The third kappa shape index (κ3) is 5.43. The van der Waals surface area contributed by atoms with Crippen LogP contribution < -0.4 is 9.64 Å². The summed E-state index contributed by atoms with van der Waals surface area (Å²) >= 11 is 0. The topological polar surface area (TPSA) is 80.7 Å². The summed E-state index contributed by atoms with van der Waals surface area (Å²) in [6, 6.07) is 13.2. The van der Waals surface area contributed by atoms with E-state index in [1.807, 2.05) is 55.1 Å². The molecule has 0 radical (unpaired) electrons. The Morgan fingerprint density at radius 3 is 2.60 bits per heavy atom. The van der Waals surface area contributed by atoms with Crippen LogP contribution in [0.25, 0.3) is 0 Å². The molecule has 182 valence electrons. The first kappa shape index (κ1) is 23.2. The molecule has 0 spiro atoms. The quantitative estimate of drug-likeness (QED) is 0.540. The number of pyridine rings is 1. The molecule has 35 heavy (non-hydrogen) atoms. The number of hydrogen-bond donors (Lipinski definition) is 0. The summed E-state index contributed by atoms with van der Waals surface area (Å²) in [4.78, 5) is 31.7. The molecular formula is C27H31N5O3. The van der Waals surface area contributed by atoms with Gasteiger partial charge < -0.3 is 19.3 Å². The highest BCUT2D eigenvalue weighted by Crippen LogP contribution is 2.32. The van der Waals surface area contributed by atoms with Crippen LogP contribution in [0.2, 0.25) is 0 Å². The lowest BCUT2D eigenvalue weighted by molar-refractivity contribution is 0.0598. The number of benzene rings is 1. The van der Waals surface area contributed by atoms with E-state index in [-0.39, 0.29) is 11.9 Å². The van der Waals surface area contributed by atoms with Gasteiger partial charge in [-0.15, -0.1) is 0 Å². The molecule has 8 nitrogen and oxygen atoms in total. The maximum atomic E-state index is 13.7. The summed E-state index contributed by atoms with van der Waals surface area (Å²) in [7, 11) is 0. The number of anilines is 1. The van der Waals surface area contributed by atoms with Crippen molar-refractivity contribution in [3.05, 3.63) is 71.3 Å². The van der Waals surface area contributed by atoms with E-state index in [1.165, 1.54) is 5.56 Å². The maximum Gasteiger partial charge on any atom is 0.254 e. The Morgan fingerprint density at radius 1 is 1.00 bits per heavy atom. The lowest BCUT2D eigenvalue weighted by Crippen LogP contribution is -2.40. The number of piperidine rings is 1. The van der Waals surface area contributed by atoms with Crippen LogP contribution >= 0.6 is 0 Å². The average molecular weight is 474 g/mol. The van der Waals surface area contributed by atoms with Gasteiger partial charge in [-0.1, -0.05) is 17.7 Å². The fraction of sp³-hybridized carbons (Fsp3) is 0.407. The van der Waals surface area contributed by atoms with Crippen LogP contribution in [0, 0.1) is 13.8 Å². The first-order chi connectivity index (χ1) is 17.1. The van der Waals surface area contributed by atoms with Crippen molar-refractivity contribution in [2.75, 3.05) is 37.7 Å². The molecule has 4 heterocycles. The molecule has 1 amide bonds. The first-order valence-corrected chi connectivity index (χ1v) is 12.3. The summed E-state index contributed by atoms with van der Waals surface area (Å²) in [6.45, 7) is 7.54. The molecule has 0 N–H and O–H groups in total. The number of ether oxygens (including phenoxy) is 2. The molecule has 5 rings (SSSR count). The highest BCUT2D eigenvalue weighted by molar-refractivity contribution is 5.95. The van der Waals surface area contributed by atoms with Crippen molar-refractivity contribution in [1.29, 1.82) is 0 Å². The SMILES string of the molecule is Cc1ccc(Oc2cc(C)nc([C@@H]3CCCCN3C(=O)c3ccnc(N4CCOCC4)c3)n2)cc1. The van der Waals surface area contributed by atoms with Crippen LogP contribution in [0.1, 0.15) is 52.7 Å². The molecule has 0 bridgehead atoms. The van der Waals surface area contributed by atoms with E-state index >= 15 is 0 Å². The summed E-state index contributed by atoms with van der Waals surface area (Å²) in [5, 5.41) is 0. The molecule has 2 aliphatic heterocycles. The second-order valence-electron chi connectivity index (χ2n) is 9.13. The number of nitrogens with zero attached hydrogens (tertiary/aromatic N) is 5. The van der Waals surface area contributed by atoms with Gasteiger partial charge >= 0.3 is 0 Å². The molecule has 1 atom stereocenters. The zero-order valence-corrected chi connectivity index (χ0v) is 20.3. The second kappa shape index (κ2) is 10.4. The van der Waals surface area contributed by atoms with Gasteiger partial charge in [0, 0.05) is 43.2 Å². The van der Waals surface area contributed by atoms with Crippen LogP contribution in [0.5, 0.6) is 11.6 Å². The molecule has 0 saturated carbocycles. The Labute approximate surface area is 205 Å². The average Bonchev–Trinajstić information content (AvgIpc) is 2.90. The molecule has 2 aliphatic rings. The van der Waals surface area contributed by atoms with E-state index in [2.05, 4.69) is 9.88 Å². The third-order valence-electron chi connectivity index (χ3n) is 6.48. The lowest BCUT2D eigenvalue weighted by Gasteiger charge is -2.35. The van der Waals surface area contributed by atoms with E-state index in [0.717, 1.165) is 49.6 Å². The highest BCUT2D eigenvalue weighted by Gasteiger charge is 2.31. The number of aromatic nitrogens is 3. The van der Waals surface area contributed by atoms with Gasteiger partial charge in [-0.2, -0.15) is 4.98 Å². The highest BCUT2D eigenvalue weighted by atomic mass is 16.5. The zero-order valence-electron chi connectivity index (χ0n) is 20.3. The smallest absolute Gasteiger partial charge is 0.254 e. The third-order valence-corrected chi connectivity index (χ3v) is 6.48. The summed E-state index contributed by atoms with van der Waals surface area (Å²) in [6.07, 6.45) is 4.52. The van der Waals surface area contributed by atoms with Gasteiger partial charge in [-0.05, 0) is 57.4 Å². The van der Waals surface area contributed by atoms with E-state index in [0.29, 0.717) is 37.0 Å². The standard InChI is InChI=1S/C27H31N5O3/c1-19-6-8-22(9-7-19)35-25-17-20(2)29-26(30-25)23-5-3-4-12-32(23)27(33)21-10-11-28-24(18-21)31-13-15-34-16-14-31/h6-11,17-18,23H,3-5,12-16H2,1-2H3/t23-/m0/s1. The van der Waals surface area contributed by atoms with Crippen molar-refractivity contribution >= 4 is 11.7 Å². The van der Waals surface area contributed by atoms with E-state index in [9.17, 15) is 4.79 Å². The number of rotatable bonds is 5. The van der Waals surface area contributed by atoms with E-state index in [1.54, 1.807) is 12.3 Å². The van der Waals surface area contributed by atoms with Gasteiger partial charge in [0.1, 0.15) is 11.6 Å². The van der Waals surface area contributed by atoms with Crippen LogP contribution in [0.4, 0.5) is 5.82 Å². The van der Waals surface area contributed by atoms with Crippen molar-refractivity contribution in [1.82, 2.24) is 19.9 Å². The molecule has 0 aliphatic carbocycles. The molecular weight excluding hydrogens is 442 g/mol. The van der Waals surface area contributed by atoms with Gasteiger partial charge in [-0.25, -0.2) is 9.97 Å². The molecule has 8 heteroatoms. The second-order valence-corrected chi connectivity index (χ2v) is 9.13. The fourth-order valence-electron chi connectivity index (χ4n) is 4.62. The molecule has 2 fully saturated rings. The van der Waals surface area contributed by atoms with Gasteiger partial charge in [-0.3, -0.25) is 4.79 Å². The van der Waals surface area contributed by atoms with Crippen molar-refractivity contribution in [3.63, 3.8) is 0 Å². The van der Waals surface area contributed by atoms with Crippen LogP contribution in [-0.2, 0) is 4.74 Å². The van der Waals surface area contributed by atoms with Crippen molar-refractivity contribution < 1.29 is 14.3 Å². The maximum absolute atomic E-state index is 13.7. The number of aryl methyl sites for hydroxylation is 2. The number of hydrogen-bond acceptors (Lipinski definition) is 7. The number of carbonyl (C=O) groups is 1. The van der Waals surface area contributed by atoms with Crippen LogP contribution in [0.15, 0.2) is 48.7 Å². The Bertz CT molecular complexity index is 1180. The predicted molar refractivity (Wildman–Crippen MR) is 133 cm³/mol. The molecule has 2 aromatic heterocycles. The summed E-state index contributed by atoms with van der Waals surface area (Å²) in [5.74, 6) is 2.64. The van der Waals surface area contributed by atoms with Crippen LogP contribution in [0.3, 0.4) is 0 Å². The van der Waals surface area contributed by atoms with Gasteiger partial charge in [0.05, 0.1) is 19.3 Å². The Balaban J connectivity index is 1.39. The van der Waals surface area contributed by atoms with E-state index in [4.69, 9.17) is 19.4 Å². The summed E-state index contributed by atoms with van der Waals surface area (Å²) in [5.41, 5.74) is 2.62. The fourth-order valence-corrected chi connectivity index (χ4v) is 4.62. The largest absolute Gasteiger partial charge is 0.439 e. The Morgan fingerprint density at radius 2 is 1.80 bits per heavy atom. The molecule has 2 saturated heterocycles. The summed E-state index contributed by atoms with van der Waals surface area (Å²) < 4.78 is 11.5. The van der Waals surface area contributed by atoms with Crippen molar-refractivity contribution in [2.45, 2.75) is 39.2 Å². The van der Waals surface area contributed by atoms with Gasteiger partial charge in [0.2, 0.25) is 5.88 Å². The number of morpholine rings is 1. The molecule has 3 aromatic rings. The van der Waals surface area contributed by atoms with Gasteiger partial charge in [0.25, 0.3) is 5.91 Å². The Hall–Kier alpha value is -3.52. The molecule has 1 aromatic carbocycles. The van der Waals surface area contributed by atoms with Crippen molar-refractivity contribution in [3.8, 4) is 11.6 Å². The zero-order chi connectivity index (χ0) is 24.2. The lowest BCUT2D eigenvalue weighted by atomic mass is 10.00. The van der Waals surface area contributed by atoms with Crippen molar-refractivity contribution in [2.24, 2.45) is 0 Å². The van der Waals surface area contributed by atoms with Crippen LogP contribution in [-0.4, -0.2) is 58.6 Å². The number of likely N-dealkylation sites (tertiary alicyclic amines) is 1. The minimum absolute atomic E-state index is 0.0160. The first-order valence-electron chi connectivity index (χ1n) is 12.3.